The fourth-order valence-electron chi connectivity index (χ4n) is 3.16. The Morgan fingerprint density at radius 3 is 2.68 bits per heavy atom. The molecule has 0 spiro atoms. The number of hydrogen-bond donors (Lipinski definition) is 1. The number of carbonyl (C=O) groups excluding carboxylic acids is 1. The van der Waals surface area contributed by atoms with Crippen LogP contribution in [0.1, 0.15) is 30.4 Å². The van der Waals surface area contributed by atoms with Gasteiger partial charge < -0.3 is 5.32 Å². The first-order valence-corrected chi connectivity index (χ1v) is 7.35. The average molecular weight is 258 g/mol. The lowest BCUT2D eigenvalue weighted by molar-refractivity contribution is -0.124. The third-order valence-corrected chi connectivity index (χ3v) is 4.29. The Hall–Kier alpha value is -1.19. The number of rotatable bonds is 3. The SMILES string of the molecule is O=C(CN1Cc2ccccc2C1)C1CCCCNC1. The maximum atomic E-state index is 12.4. The minimum absolute atomic E-state index is 0.228. The molecule has 0 radical (unpaired) electrons. The van der Waals surface area contributed by atoms with E-state index in [2.05, 4.69) is 34.5 Å². The first-order valence-electron chi connectivity index (χ1n) is 7.35. The molecule has 102 valence electrons. The minimum Gasteiger partial charge on any atom is -0.316 e. The molecule has 2 heterocycles. The Bertz CT molecular complexity index is 425. The van der Waals surface area contributed by atoms with E-state index in [0.717, 1.165) is 32.6 Å². The summed E-state index contributed by atoms with van der Waals surface area (Å²) in [5, 5.41) is 3.38. The molecular formula is C16H22N2O. The lowest BCUT2D eigenvalue weighted by Crippen LogP contribution is -2.34. The van der Waals surface area contributed by atoms with Gasteiger partial charge in [0.25, 0.3) is 0 Å². The number of benzene rings is 1. The van der Waals surface area contributed by atoms with E-state index in [1.807, 2.05) is 0 Å². The summed E-state index contributed by atoms with van der Waals surface area (Å²) < 4.78 is 0. The molecule has 0 aromatic heterocycles. The van der Waals surface area contributed by atoms with Gasteiger partial charge in [0.1, 0.15) is 0 Å². The average Bonchev–Trinajstić information content (AvgIpc) is 2.63. The van der Waals surface area contributed by atoms with E-state index in [1.165, 1.54) is 24.0 Å². The van der Waals surface area contributed by atoms with Crippen molar-refractivity contribution in [3.63, 3.8) is 0 Å². The molecule has 3 heteroatoms. The van der Waals surface area contributed by atoms with Gasteiger partial charge in [-0.2, -0.15) is 0 Å². The Balaban J connectivity index is 1.56. The summed E-state index contributed by atoms with van der Waals surface area (Å²) >= 11 is 0. The first-order chi connectivity index (χ1) is 9.33. The van der Waals surface area contributed by atoms with Gasteiger partial charge in [-0.05, 0) is 30.5 Å². The van der Waals surface area contributed by atoms with Gasteiger partial charge in [0.2, 0.25) is 0 Å². The third-order valence-electron chi connectivity index (χ3n) is 4.29. The lowest BCUT2D eigenvalue weighted by atomic mass is 9.98. The number of ketones is 1. The standard InChI is InChI=1S/C16H22N2O/c19-16(13-5-3-4-8-17-9-13)12-18-10-14-6-1-2-7-15(14)11-18/h1-2,6-7,13,17H,3-5,8-12H2. The molecule has 1 atom stereocenters. The van der Waals surface area contributed by atoms with Gasteiger partial charge in [0.15, 0.2) is 5.78 Å². The van der Waals surface area contributed by atoms with Gasteiger partial charge in [0, 0.05) is 25.6 Å². The summed E-state index contributed by atoms with van der Waals surface area (Å²) in [6.45, 7) is 4.42. The zero-order valence-electron chi connectivity index (χ0n) is 11.4. The second-order valence-electron chi connectivity index (χ2n) is 5.78. The van der Waals surface area contributed by atoms with Crippen LogP contribution in [0.5, 0.6) is 0 Å². The maximum Gasteiger partial charge on any atom is 0.151 e. The van der Waals surface area contributed by atoms with Crippen LogP contribution in [0.4, 0.5) is 0 Å². The lowest BCUT2D eigenvalue weighted by Gasteiger charge is -2.18. The van der Waals surface area contributed by atoms with Crippen LogP contribution in [-0.4, -0.2) is 30.3 Å². The highest BCUT2D eigenvalue weighted by molar-refractivity contribution is 5.83. The quantitative estimate of drug-likeness (QED) is 0.899. The predicted octanol–water partition coefficient (Wildman–Crippen LogP) is 1.96. The number of nitrogens with zero attached hydrogens (tertiary/aromatic N) is 1. The molecule has 1 aromatic rings. The molecule has 0 amide bonds. The molecule has 19 heavy (non-hydrogen) atoms. The van der Waals surface area contributed by atoms with Crippen molar-refractivity contribution in [2.24, 2.45) is 5.92 Å². The van der Waals surface area contributed by atoms with Crippen LogP contribution in [0.25, 0.3) is 0 Å². The predicted molar refractivity (Wildman–Crippen MR) is 75.8 cm³/mol. The Morgan fingerprint density at radius 1 is 1.21 bits per heavy atom. The molecule has 1 aromatic carbocycles. The van der Waals surface area contributed by atoms with E-state index in [4.69, 9.17) is 0 Å². The zero-order valence-corrected chi connectivity index (χ0v) is 11.4. The molecule has 1 unspecified atom stereocenters. The molecule has 2 aliphatic rings. The van der Waals surface area contributed by atoms with Gasteiger partial charge >= 0.3 is 0 Å². The second-order valence-corrected chi connectivity index (χ2v) is 5.78. The smallest absolute Gasteiger partial charge is 0.151 e. The molecule has 1 N–H and O–H groups in total. The van der Waals surface area contributed by atoms with Crippen molar-refractivity contribution >= 4 is 5.78 Å². The number of hydrogen-bond acceptors (Lipinski definition) is 3. The zero-order chi connectivity index (χ0) is 13.1. The summed E-state index contributed by atoms with van der Waals surface area (Å²) in [4.78, 5) is 14.7. The van der Waals surface area contributed by atoms with Gasteiger partial charge in [0.05, 0.1) is 6.54 Å². The van der Waals surface area contributed by atoms with Crippen LogP contribution in [0.2, 0.25) is 0 Å². The normalized spacial score (nSPS) is 23.9. The first kappa shape index (κ1) is 12.8. The van der Waals surface area contributed by atoms with Crippen molar-refractivity contribution in [3.05, 3.63) is 35.4 Å². The Labute approximate surface area is 115 Å². The Morgan fingerprint density at radius 2 is 1.95 bits per heavy atom. The largest absolute Gasteiger partial charge is 0.316 e. The number of fused-ring (bicyclic) bond motifs is 1. The highest BCUT2D eigenvalue weighted by Gasteiger charge is 2.25. The molecule has 0 bridgehead atoms. The van der Waals surface area contributed by atoms with Crippen LogP contribution in [0.15, 0.2) is 24.3 Å². The number of carbonyl (C=O) groups is 1. The van der Waals surface area contributed by atoms with Crippen molar-refractivity contribution in [1.82, 2.24) is 10.2 Å². The van der Waals surface area contributed by atoms with E-state index < -0.39 is 0 Å². The van der Waals surface area contributed by atoms with Crippen LogP contribution in [0, 0.1) is 5.92 Å². The summed E-state index contributed by atoms with van der Waals surface area (Å²) in [6, 6.07) is 8.51. The fraction of sp³-hybridized carbons (Fsp3) is 0.562. The van der Waals surface area contributed by atoms with Gasteiger partial charge in [-0.15, -0.1) is 0 Å². The monoisotopic (exact) mass is 258 g/mol. The van der Waals surface area contributed by atoms with Crippen molar-refractivity contribution in [3.8, 4) is 0 Å². The molecule has 3 rings (SSSR count). The molecule has 0 aliphatic carbocycles. The maximum absolute atomic E-state index is 12.4. The van der Waals surface area contributed by atoms with Crippen LogP contribution in [-0.2, 0) is 17.9 Å². The van der Waals surface area contributed by atoms with Crippen LogP contribution in [0.3, 0.4) is 0 Å². The second kappa shape index (κ2) is 5.85. The van der Waals surface area contributed by atoms with E-state index in [9.17, 15) is 4.79 Å². The van der Waals surface area contributed by atoms with Gasteiger partial charge in [-0.3, -0.25) is 9.69 Å². The highest BCUT2D eigenvalue weighted by Crippen LogP contribution is 2.23. The molecule has 1 saturated heterocycles. The van der Waals surface area contributed by atoms with Crippen LogP contribution < -0.4 is 5.32 Å². The Kier molecular flexibility index (Phi) is 3.95. The van der Waals surface area contributed by atoms with Gasteiger partial charge in [-0.25, -0.2) is 0 Å². The molecule has 2 aliphatic heterocycles. The molecule has 0 saturated carbocycles. The van der Waals surface area contributed by atoms with Gasteiger partial charge in [-0.1, -0.05) is 30.7 Å². The third kappa shape index (κ3) is 3.04. The topological polar surface area (TPSA) is 32.3 Å². The van der Waals surface area contributed by atoms with Crippen LogP contribution >= 0.6 is 0 Å². The summed E-state index contributed by atoms with van der Waals surface area (Å²) in [5.41, 5.74) is 2.77. The molecule has 3 nitrogen and oxygen atoms in total. The fourth-order valence-corrected chi connectivity index (χ4v) is 3.16. The van der Waals surface area contributed by atoms with E-state index in [0.29, 0.717) is 12.3 Å². The molecule has 1 fully saturated rings. The van der Waals surface area contributed by atoms with Crippen molar-refractivity contribution in [2.75, 3.05) is 19.6 Å². The van der Waals surface area contributed by atoms with E-state index >= 15 is 0 Å². The highest BCUT2D eigenvalue weighted by atomic mass is 16.1. The number of nitrogens with one attached hydrogen (secondary N) is 1. The summed E-state index contributed by atoms with van der Waals surface area (Å²) in [7, 11) is 0. The van der Waals surface area contributed by atoms with E-state index in [-0.39, 0.29) is 5.92 Å². The summed E-state index contributed by atoms with van der Waals surface area (Å²) in [6.07, 6.45) is 3.45. The van der Waals surface area contributed by atoms with Crippen molar-refractivity contribution in [1.29, 1.82) is 0 Å². The minimum atomic E-state index is 0.228. The summed E-state index contributed by atoms with van der Waals surface area (Å²) in [5.74, 6) is 0.647. The number of Topliss-reactive ketones (excluding diaryl/α,β-unsaturated/α-hetero) is 1. The van der Waals surface area contributed by atoms with E-state index in [1.54, 1.807) is 0 Å². The molecular weight excluding hydrogens is 236 g/mol. The van der Waals surface area contributed by atoms with Crippen molar-refractivity contribution in [2.45, 2.75) is 32.4 Å². The van der Waals surface area contributed by atoms with Crippen molar-refractivity contribution < 1.29 is 4.79 Å².